The summed E-state index contributed by atoms with van der Waals surface area (Å²) in [4.78, 5) is 11.2. The molecule has 138 valence electrons. The molecular formula is C22H38O2. The van der Waals surface area contributed by atoms with Crippen LogP contribution in [0.3, 0.4) is 0 Å². The van der Waals surface area contributed by atoms with Gasteiger partial charge in [0.15, 0.2) is 0 Å². The van der Waals surface area contributed by atoms with Crippen LogP contribution in [0.4, 0.5) is 0 Å². The summed E-state index contributed by atoms with van der Waals surface area (Å²) in [5.74, 6) is -0.266. The Bertz CT molecular complexity index is 366. The molecule has 0 aliphatic rings. The minimum atomic E-state index is -0.266. The standard InChI is InChI=1S/C22H38O2/c1-4-5-6-7-8-9-10-11-12-13-14-15-16-17-18-19-20-24-22(23)21(2)3/h8-9,11-12H,2,4-7,10,13-20H2,1,3H3/b9-8+,12-11+. The summed E-state index contributed by atoms with van der Waals surface area (Å²) >= 11 is 0. The Morgan fingerprint density at radius 2 is 1.38 bits per heavy atom. The lowest BCUT2D eigenvalue weighted by Gasteiger charge is -2.04. The fourth-order valence-corrected chi connectivity index (χ4v) is 2.38. The van der Waals surface area contributed by atoms with Crippen LogP contribution in [-0.2, 0) is 9.53 Å². The van der Waals surface area contributed by atoms with Crippen molar-refractivity contribution >= 4 is 5.97 Å². The van der Waals surface area contributed by atoms with Crippen LogP contribution >= 0.6 is 0 Å². The molecule has 0 heterocycles. The molecule has 0 radical (unpaired) electrons. The molecule has 2 heteroatoms. The van der Waals surface area contributed by atoms with E-state index in [1.54, 1.807) is 6.92 Å². The van der Waals surface area contributed by atoms with Gasteiger partial charge < -0.3 is 4.74 Å². The van der Waals surface area contributed by atoms with Crippen LogP contribution in [0.15, 0.2) is 36.5 Å². The molecular weight excluding hydrogens is 296 g/mol. The van der Waals surface area contributed by atoms with Gasteiger partial charge in [-0.3, -0.25) is 0 Å². The molecule has 0 aromatic heterocycles. The van der Waals surface area contributed by atoms with E-state index in [1.165, 1.54) is 57.8 Å². The van der Waals surface area contributed by atoms with Crippen molar-refractivity contribution in [1.82, 2.24) is 0 Å². The van der Waals surface area contributed by atoms with E-state index in [9.17, 15) is 4.79 Å². The van der Waals surface area contributed by atoms with Gasteiger partial charge in [-0.25, -0.2) is 4.79 Å². The highest BCUT2D eigenvalue weighted by Crippen LogP contribution is 2.08. The minimum Gasteiger partial charge on any atom is -0.462 e. The predicted molar refractivity (Wildman–Crippen MR) is 105 cm³/mol. The van der Waals surface area contributed by atoms with E-state index < -0.39 is 0 Å². The Balaban J connectivity index is 3.23. The molecule has 0 bridgehead atoms. The van der Waals surface area contributed by atoms with Crippen molar-refractivity contribution in [2.45, 2.75) is 90.9 Å². The summed E-state index contributed by atoms with van der Waals surface area (Å²) in [6.45, 7) is 8.02. The average molecular weight is 335 g/mol. The Labute approximate surface area is 150 Å². The van der Waals surface area contributed by atoms with E-state index in [0.29, 0.717) is 12.2 Å². The average Bonchev–Trinajstić information content (AvgIpc) is 2.57. The first-order valence-corrected chi connectivity index (χ1v) is 9.81. The molecule has 0 rings (SSSR count). The molecule has 0 aliphatic heterocycles. The van der Waals surface area contributed by atoms with Gasteiger partial charge in [-0.2, -0.15) is 0 Å². The zero-order chi connectivity index (χ0) is 17.9. The molecule has 0 spiro atoms. The highest BCUT2D eigenvalue weighted by atomic mass is 16.5. The van der Waals surface area contributed by atoms with Gasteiger partial charge in [-0.05, 0) is 45.4 Å². The largest absolute Gasteiger partial charge is 0.462 e. The molecule has 0 unspecified atom stereocenters. The van der Waals surface area contributed by atoms with Crippen LogP contribution < -0.4 is 0 Å². The lowest BCUT2D eigenvalue weighted by atomic mass is 10.1. The maximum atomic E-state index is 11.2. The topological polar surface area (TPSA) is 26.3 Å². The number of rotatable bonds is 16. The van der Waals surface area contributed by atoms with Crippen molar-refractivity contribution in [2.75, 3.05) is 6.61 Å². The molecule has 0 saturated heterocycles. The van der Waals surface area contributed by atoms with Crippen LogP contribution in [0.25, 0.3) is 0 Å². The smallest absolute Gasteiger partial charge is 0.333 e. The molecule has 0 N–H and O–H groups in total. The van der Waals surface area contributed by atoms with Crippen LogP contribution in [0, 0.1) is 0 Å². The molecule has 0 aromatic rings. The van der Waals surface area contributed by atoms with Crippen molar-refractivity contribution in [3.05, 3.63) is 36.5 Å². The van der Waals surface area contributed by atoms with Gasteiger partial charge in [-0.1, -0.05) is 76.3 Å². The molecule has 0 aliphatic carbocycles. The molecule has 2 nitrogen and oxygen atoms in total. The van der Waals surface area contributed by atoms with Crippen molar-refractivity contribution in [3.63, 3.8) is 0 Å². The lowest BCUT2D eigenvalue weighted by molar-refractivity contribution is -0.139. The Kier molecular flexibility index (Phi) is 17.1. The second-order valence-corrected chi connectivity index (χ2v) is 6.50. The third kappa shape index (κ3) is 17.1. The number of unbranched alkanes of at least 4 members (excludes halogenated alkanes) is 9. The van der Waals surface area contributed by atoms with Crippen LogP contribution in [-0.4, -0.2) is 12.6 Å². The number of allylic oxidation sites excluding steroid dienone is 4. The van der Waals surface area contributed by atoms with E-state index >= 15 is 0 Å². The van der Waals surface area contributed by atoms with E-state index in [2.05, 4.69) is 37.8 Å². The van der Waals surface area contributed by atoms with E-state index in [1.807, 2.05) is 0 Å². The number of carbonyl (C=O) groups is 1. The fourth-order valence-electron chi connectivity index (χ4n) is 2.38. The molecule has 24 heavy (non-hydrogen) atoms. The van der Waals surface area contributed by atoms with Gasteiger partial charge in [0.25, 0.3) is 0 Å². The third-order valence-electron chi connectivity index (χ3n) is 3.93. The summed E-state index contributed by atoms with van der Waals surface area (Å²) < 4.78 is 5.07. The van der Waals surface area contributed by atoms with Crippen molar-refractivity contribution in [2.24, 2.45) is 0 Å². The summed E-state index contributed by atoms with van der Waals surface area (Å²) in [5.41, 5.74) is 0.482. The molecule has 0 aromatic carbocycles. The molecule has 0 saturated carbocycles. The third-order valence-corrected chi connectivity index (χ3v) is 3.93. The summed E-state index contributed by atoms with van der Waals surface area (Å²) in [7, 11) is 0. The SMILES string of the molecule is C=C(C)C(=O)OCCCCCCCC/C=C/C/C=C/CCCCC. The summed E-state index contributed by atoms with van der Waals surface area (Å²) in [6.07, 6.45) is 23.9. The number of ether oxygens (including phenoxy) is 1. The maximum absolute atomic E-state index is 11.2. The number of hydrogen-bond acceptors (Lipinski definition) is 2. The number of carbonyl (C=O) groups excluding carboxylic acids is 1. The monoisotopic (exact) mass is 334 g/mol. The first kappa shape index (κ1) is 22.7. The van der Waals surface area contributed by atoms with Crippen molar-refractivity contribution in [3.8, 4) is 0 Å². The van der Waals surface area contributed by atoms with E-state index in [-0.39, 0.29) is 5.97 Å². The van der Waals surface area contributed by atoms with Gasteiger partial charge in [-0.15, -0.1) is 0 Å². The van der Waals surface area contributed by atoms with Crippen molar-refractivity contribution in [1.29, 1.82) is 0 Å². The van der Waals surface area contributed by atoms with Crippen LogP contribution in [0.2, 0.25) is 0 Å². The normalized spacial score (nSPS) is 11.4. The second kappa shape index (κ2) is 18.0. The predicted octanol–water partition coefficient (Wildman–Crippen LogP) is 6.92. The quantitative estimate of drug-likeness (QED) is 0.132. The first-order chi connectivity index (χ1) is 11.7. The first-order valence-electron chi connectivity index (χ1n) is 9.81. The second-order valence-electron chi connectivity index (χ2n) is 6.50. The highest BCUT2D eigenvalue weighted by Gasteiger charge is 2.01. The number of hydrogen-bond donors (Lipinski definition) is 0. The van der Waals surface area contributed by atoms with Crippen LogP contribution in [0.5, 0.6) is 0 Å². The van der Waals surface area contributed by atoms with E-state index in [0.717, 1.165) is 19.3 Å². The lowest BCUT2D eigenvalue weighted by Crippen LogP contribution is -2.05. The highest BCUT2D eigenvalue weighted by molar-refractivity contribution is 5.86. The zero-order valence-electron chi connectivity index (χ0n) is 16.0. The van der Waals surface area contributed by atoms with Gasteiger partial charge >= 0.3 is 5.97 Å². The Morgan fingerprint density at radius 3 is 1.96 bits per heavy atom. The summed E-state index contributed by atoms with van der Waals surface area (Å²) in [6, 6.07) is 0. The molecule has 0 atom stereocenters. The molecule has 0 amide bonds. The van der Waals surface area contributed by atoms with Gasteiger partial charge in [0, 0.05) is 5.57 Å². The zero-order valence-corrected chi connectivity index (χ0v) is 16.0. The van der Waals surface area contributed by atoms with Crippen LogP contribution in [0.1, 0.15) is 90.9 Å². The van der Waals surface area contributed by atoms with Crippen molar-refractivity contribution < 1.29 is 9.53 Å². The Hall–Kier alpha value is -1.31. The fraction of sp³-hybridized carbons (Fsp3) is 0.682. The van der Waals surface area contributed by atoms with Gasteiger partial charge in [0.1, 0.15) is 0 Å². The van der Waals surface area contributed by atoms with E-state index in [4.69, 9.17) is 4.74 Å². The maximum Gasteiger partial charge on any atom is 0.333 e. The Morgan fingerprint density at radius 1 is 0.833 bits per heavy atom. The minimum absolute atomic E-state index is 0.266. The van der Waals surface area contributed by atoms with Gasteiger partial charge in [0.2, 0.25) is 0 Å². The van der Waals surface area contributed by atoms with Gasteiger partial charge in [0.05, 0.1) is 6.61 Å². The summed E-state index contributed by atoms with van der Waals surface area (Å²) in [5, 5.41) is 0. The molecule has 0 fully saturated rings. The number of esters is 1.